The first-order chi connectivity index (χ1) is 7.71. The quantitative estimate of drug-likeness (QED) is 0.872. The second-order valence-electron chi connectivity index (χ2n) is 3.61. The molecule has 16 heavy (non-hydrogen) atoms. The van der Waals surface area contributed by atoms with Crippen molar-refractivity contribution in [3.8, 4) is 5.75 Å². The third kappa shape index (κ3) is 3.77. The Morgan fingerprint density at radius 1 is 1.44 bits per heavy atom. The molecule has 1 aromatic carbocycles. The molecular weight excluding hydrogens is 268 g/mol. The highest BCUT2D eigenvalue weighted by molar-refractivity contribution is 9.10. The first kappa shape index (κ1) is 13.5. The summed E-state index contributed by atoms with van der Waals surface area (Å²) in [7, 11) is 1.70. The summed E-state index contributed by atoms with van der Waals surface area (Å²) < 4.78 is 6.42. The van der Waals surface area contributed by atoms with Gasteiger partial charge in [0.1, 0.15) is 5.75 Å². The first-order valence-corrected chi connectivity index (χ1v) is 6.25. The Labute approximate surface area is 106 Å². The van der Waals surface area contributed by atoms with Crippen LogP contribution in [0.3, 0.4) is 0 Å². The summed E-state index contributed by atoms with van der Waals surface area (Å²) in [4.78, 5) is 2.30. The number of likely N-dealkylation sites (N-methyl/N-ethyl adjacent to an activating group) is 1. The fourth-order valence-electron chi connectivity index (χ4n) is 1.64. The Balaban J connectivity index is 2.80. The van der Waals surface area contributed by atoms with Crippen LogP contribution in [-0.2, 0) is 6.54 Å². The molecule has 0 radical (unpaired) electrons. The van der Waals surface area contributed by atoms with E-state index < -0.39 is 0 Å². The number of ether oxygens (including phenoxy) is 1. The Hall–Kier alpha value is -0.580. The number of rotatable bonds is 6. The lowest BCUT2D eigenvalue weighted by Gasteiger charge is -2.20. The lowest BCUT2D eigenvalue weighted by molar-refractivity contribution is 0.282. The van der Waals surface area contributed by atoms with E-state index in [9.17, 15) is 0 Å². The van der Waals surface area contributed by atoms with Gasteiger partial charge in [0.05, 0.1) is 7.11 Å². The van der Waals surface area contributed by atoms with E-state index in [1.54, 1.807) is 7.11 Å². The van der Waals surface area contributed by atoms with Crippen molar-refractivity contribution in [1.82, 2.24) is 4.90 Å². The van der Waals surface area contributed by atoms with Crippen LogP contribution in [-0.4, -0.2) is 31.6 Å². The maximum atomic E-state index is 5.58. The highest BCUT2D eigenvalue weighted by Gasteiger charge is 2.08. The number of nitrogens with two attached hydrogens (primary N) is 1. The third-order valence-electron chi connectivity index (χ3n) is 2.53. The van der Waals surface area contributed by atoms with Crippen LogP contribution < -0.4 is 10.5 Å². The number of nitrogens with zero attached hydrogens (tertiary/aromatic N) is 1. The zero-order valence-corrected chi connectivity index (χ0v) is 11.5. The van der Waals surface area contributed by atoms with Crippen molar-refractivity contribution in [3.63, 3.8) is 0 Å². The molecule has 0 amide bonds. The van der Waals surface area contributed by atoms with Crippen molar-refractivity contribution in [2.24, 2.45) is 5.73 Å². The molecule has 0 bridgehead atoms. The molecular formula is C12H19BrN2O. The predicted octanol–water partition coefficient (Wildman–Crippen LogP) is 2.24. The van der Waals surface area contributed by atoms with Gasteiger partial charge in [-0.2, -0.15) is 0 Å². The summed E-state index contributed by atoms with van der Waals surface area (Å²) in [6, 6.07) is 6.06. The summed E-state index contributed by atoms with van der Waals surface area (Å²) >= 11 is 3.48. The van der Waals surface area contributed by atoms with E-state index in [2.05, 4.69) is 33.8 Å². The highest BCUT2D eigenvalue weighted by atomic mass is 79.9. The summed E-state index contributed by atoms with van der Waals surface area (Å²) in [5, 5.41) is 0. The normalized spacial score (nSPS) is 10.8. The Bertz CT molecular complexity index is 331. The van der Waals surface area contributed by atoms with E-state index in [1.165, 1.54) is 5.56 Å². The number of hydrogen-bond acceptors (Lipinski definition) is 3. The topological polar surface area (TPSA) is 38.5 Å². The molecule has 0 unspecified atom stereocenters. The summed E-state index contributed by atoms with van der Waals surface area (Å²) in [5.41, 5.74) is 6.76. The Morgan fingerprint density at radius 2 is 2.19 bits per heavy atom. The molecule has 1 aromatic rings. The van der Waals surface area contributed by atoms with Crippen molar-refractivity contribution in [2.75, 3.05) is 26.7 Å². The Kier molecular flexibility index (Phi) is 5.80. The van der Waals surface area contributed by atoms with Crippen molar-refractivity contribution in [3.05, 3.63) is 28.2 Å². The average Bonchev–Trinajstić information content (AvgIpc) is 2.29. The number of benzene rings is 1. The van der Waals surface area contributed by atoms with Crippen LogP contribution >= 0.6 is 15.9 Å². The molecule has 0 aromatic heterocycles. The molecule has 4 heteroatoms. The molecule has 0 aliphatic carbocycles. The summed E-state index contributed by atoms with van der Waals surface area (Å²) in [5.74, 6) is 0.929. The molecule has 0 spiro atoms. The van der Waals surface area contributed by atoms with E-state index in [-0.39, 0.29) is 0 Å². The summed E-state index contributed by atoms with van der Waals surface area (Å²) in [6.45, 7) is 5.60. The molecule has 1 rings (SSSR count). The van der Waals surface area contributed by atoms with Gasteiger partial charge in [-0.05, 0) is 24.7 Å². The molecule has 0 saturated carbocycles. The Morgan fingerprint density at radius 3 is 2.75 bits per heavy atom. The van der Waals surface area contributed by atoms with Crippen LogP contribution in [0, 0.1) is 0 Å². The number of halogens is 1. The minimum absolute atomic E-state index is 0.685. The van der Waals surface area contributed by atoms with Crippen LogP contribution in [0.5, 0.6) is 5.75 Å². The van der Waals surface area contributed by atoms with Crippen LogP contribution in [0.25, 0.3) is 0 Å². The van der Waals surface area contributed by atoms with Gasteiger partial charge in [-0.15, -0.1) is 0 Å². The molecule has 0 saturated heterocycles. The minimum Gasteiger partial charge on any atom is -0.496 e. The van der Waals surface area contributed by atoms with E-state index in [0.29, 0.717) is 6.54 Å². The molecule has 0 aliphatic heterocycles. The number of methoxy groups -OCH3 is 1. The van der Waals surface area contributed by atoms with Crippen LogP contribution in [0.2, 0.25) is 0 Å². The van der Waals surface area contributed by atoms with Crippen molar-refractivity contribution in [2.45, 2.75) is 13.5 Å². The van der Waals surface area contributed by atoms with Crippen molar-refractivity contribution >= 4 is 15.9 Å². The van der Waals surface area contributed by atoms with Gasteiger partial charge in [-0.3, -0.25) is 4.90 Å². The summed E-state index contributed by atoms with van der Waals surface area (Å²) in [6.07, 6.45) is 0. The van der Waals surface area contributed by atoms with Gasteiger partial charge in [0, 0.05) is 29.7 Å². The van der Waals surface area contributed by atoms with E-state index in [4.69, 9.17) is 10.5 Å². The maximum absolute atomic E-state index is 5.58. The van der Waals surface area contributed by atoms with Crippen LogP contribution in [0.1, 0.15) is 12.5 Å². The molecule has 0 fully saturated rings. The molecule has 3 nitrogen and oxygen atoms in total. The van der Waals surface area contributed by atoms with Gasteiger partial charge >= 0.3 is 0 Å². The zero-order chi connectivity index (χ0) is 12.0. The fourth-order valence-corrected chi connectivity index (χ4v) is 2.05. The van der Waals surface area contributed by atoms with E-state index in [1.807, 2.05) is 12.1 Å². The van der Waals surface area contributed by atoms with E-state index in [0.717, 1.165) is 29.9 Å². The van der Waals surface area contributed by atoms with E-state index >= 15 is 0 Å². The lowest BCUT2D eigenvalue weighted by atomic mass is 10.2. The molecule has 0 atom stereocenters. The minimum atomic E-state index is 0.685. The fraction of sp³-hybridized carbons (Fsp3) is 0.500. The molecule has 2 N–H and O–H groups in total. The predicted molar refractivity (Wildman–Crippen MR) is 70.7 cm³/mol. The standard InChI is InChI=1S/C12H19BrN2O/c1-3-15(7-6-14)9-10-8-11(13)4-5-12(10)16-2/h4-5,8H,3,6-7,9,14H2,1-2H3. The van der Waals surface area contributed by atoms with Gasteiger partial charge in [0.25, 0.3) is 0 Å². The molecule has 0 aliphatic rings. The van der Waals surface area contributed by atoms with Gasteiger partial charge in [0.2, 0.25) is 0 Å². The largest absolute Gasteiger partial charge is 0.496 e. The maximum Gasteiger partial charge on any atom is 0.123 e. The van der Waals surface area contributed by atoms with Crippen LogP contribution in [0.4, 0.5) is 0 Å². The lowest BCUT2D eigenvalue weighted by Crippen LogP contribution is -2.29. The van der Waals surface area contributed by atoms with Gasteiger partial charge in [-0.1, -0.05) is 22.9 Å². The SMILES string of the molecule is CCN(CCN)Cc1cc(Br)ccc1OC. The first-order valence-electron chi connectivity index (χ1n) is 5.46. The van der Waals surface area contributed by atoms with Gasteiger partial charge in [-0.25, -0.2) is 0 Å². The highest BCUT2D eigenvalue weighted by Crippen LogP contribution is 2.24. The van der Waals surface area contributed by atoms with Gasteiger partial charge < -0.3 is 10.5 Å². The van der Waals surface area contributed by atoms with Gasteiger partial charge in [0.15, 0.2) is 0 Å². The molecule has 90 valence electrons. The van der Waals surface area contributed by atoms with Crippen LogP contribution in [0.15, 0.2) is 22.7 Å². The van der Waals surface area contributed by atoms with Crippen molar-refractivity contribution in [1.29, 1.82) is 0 Å². The molecule has 0 heterocycles. The second-order valence-corrected chi connectivity index (χ2v) is 4.53. The third-order valence-corrected chi connectivity index (χ3v) is 3.02. The monoisotopic (exact) mass is 286 g/mol. The van der Waals surface area contributed by atoms with Crippen molar-refractivity contribution < 1.29 is 4.74 Å². The smallest absolute Gasteiger partial charge is 0.123 e. The second kappa shape index (κ2) is 6.89. The average molecular weight is 287 g/mol. The number of hydrogen-bond donors (Lipinski definition) is 1. The zero-order valence-electron chi connectivity index (χ0n) is 9.87.